The number of pyridine rings is 1. The number of fused-ring (bicyclic) bond motifs is 1. The van der Waals surface area contributed by atoms with Gasteiger partial charge in [-0.25, -0.2) is 9.78 Å². The smallest absolute Gasteiger partial charge is 0.387 e. The molecule has 3 aromatic rings. The first-order chi connectivity index (χ1) is 13.8. The predicted octanol–water partition coefficient (Wildman–Crippen LogP) is 2.36. The van der Waals surface area contributed by atoms with E-state index >= 15 is 0 Å². The van der Waals surface area contributed by atoms with Crippen molar-refractivity contribution < 1.29 is 32.6 Å². The number of amides is 2. The average molecular weight is 403 g/mol. The fraction of sp³-hybridized carbons (Fsp3) is 0.158. The van der Waals surface area contributed by atoms with Crippen LogP contribution in [0.5, 0.6) is 5.75 Å². The average Bonchev–Trinajstić information content (AvgIpc) is 3.12. The first kappa shape index (κ1) is 19.9. The van der Waals surface area contributed by atoms with Crippen molar-refractivity contribution in [2.45, 2.75) is 13.5 Å². The zero-order chi connectivity index (χ0) is 21.0. The van der Waals surface area contributed by atoms with Crippen molar-refractivity contribution in [2.75, 3.05) is 6.61 Å². The molecule has 0 unspecified atom stereocenters. The molecule has 1 N–H and O–H groups in total. The summed E-state index contributed by atoms with van der Waals surface area (Å²) < 4.78 is 35.0. The Labute approximate surface area is 163 Å². The summed E-state index contributed by atoms with van der Waals surface area (Å²) >= 11 is 0. The van der Waals surface area contributed by atoms with Crippen molar-refractivity contribution in [2.24, 2.45) is 0 Å². The SMILES string of the molecule is Cc1cccc2nc(C(=O)OCC(=O)NC(=O)c3ccc(OC(F)F)cc3)cn12. The van der Waals surface area contributed by atoms with E-state index < -0.39 is 31.0 Å². The van der Waals surface area contributed by atoms with E-state index in [0.717, 1.165) is 17.8 Å². The number of carbonyl (C=O) groups is 3. The number of nitrogens with one attached hydrogen (secondary N) is 1. The minimum atomic E-state index is -2.98. The Balaban J connectivity index is 1.54. The summed E-state index contributed by atoms with van der Waals surface area (Å²) in [6, 6.07) is 10.1. The van der Waals surface area contributed by atoms with Gasteiger partial charge in [-0.05, 0) is 43.3 Å². The van der Waals surface area contributed by atoms with Gasteiger partial charge in [0.15, 0.2) is 12.3 Å². The fourth-order valence-corrected chi connectivity index (χ4v) is 2.47. The van der Waals surface area contributed by atoms with Gasteiger partial charge in [-0.15, -0.1) is 0 Å². The van der Waals surface area contributed by atoms with Gasteiger partial charge in [-0.3, -0.25) is 14.9 Å². The Morgan fingerprint density at radius 1 is 1.14 bits per heavy atom. The molecule has 2 amide bonds. The second-order valence-corrected chi connectivity index (χ2v) is 5.88. The lowest BCUT2D eigenvalue weighted by Gasteiger charge is -2.07. The summed E-state index contributed by atoms with van der Waals surface area (Å²) in [4.78, 5) is 40.0. The molecule has 0 atom stereocenters. The van der Waals surface area contributed by atoms with E-state index in [4.69, 9.17) is 4.74 Å². The molecule has 0 bridgehead atoms. The van der Waals surface area contributed by atoms with Gasteiger partial charge in [-0.2, -0.15) is 8.78 Å². The van der Waals surface area contributed by atoms with Crippen LogP contribution >= 0.6 is 0 Å². The highest BCUT2D eigenvalue weighted by Crippen LogP contribution is 2.15. The van der Waals surface area contributed by atoms with E-state index in [9.17, 15) is 23.2 Å². The number of ether oxygens (including phenoxy) is 2. The third kappa shape index (κ3) is 4.92. The minimum Gasteiger partial charge on any atom is -0.451 e. The van der Waals surface area contributed by atoms with E-state index in [-0.39, 0.29) is 17.0 Å². The molecule has 2 aromatic heterocycles. The highest BCUT2D eigenvalue weighted by molar-refractivity contribution is 6.05. The van der Waals surface area contributed by atoms with Crippen LogP contribution in [-0.4, -0.2) is 40.4 Å². The summed E-state index contributed by atoms with van der Waals surface area (Å²) in [5, 5.41) is 2.03. The number of benzene rings is 1. The van der Waals surface area contributed by atoms with E-state index in [1.807, 2.05) is 18.3 Å². The number of esters is 1. The molecule has 29 heavy (non-hydrogen) atoms. The molecule has 1 aromatic carbocycles. The van der Waals surface area contributed by atoms with Crippen molar-refractivity contribution in [1.29, 1.82) is 0 Å². The highest BCUT2D eigenvalue weighted by atomic mass is 19.3. The Kier molecular flexibility index (Phi) is 5.82. The third-order valence-electron chi connectivity index (χ3n) is 3.83. The van der Waals surface area contributed by atoms with Gasteiger partial charge in [0.1, 0.15) is 11.4 Å². The molecule has 0 fully saturated rings. The number of imidazole rings is 1. The molecule has 3 rings (SSSR count). The quantitative estimate of drug-likeness (QED) is 0.635. The molecular formula is C19H15F2N3O5. The molecule has 0 aliphatic heterocycles. The van der Waals surface area contributed by atoms with Crippen molar-refractivity contribution in [3.05, 3.63) is 65.6 Å². The van der Waals surface area contributed by atoms with Crippen LogP contribution in [0, 0.1) is 6.92 Å². The van der Waals surface area contributed by atoms with Crippen molar-refractivity contribution >= 4 is 23.4 Å². The number of alkyl halides is 2. The monoisotopic (exact) mass is 403 g/mol. The maximum atomic E-state index is 12.1. The highest BCUT2D eigenvalue weighted by Gasteiger charge is 2.17. The zero-order valence-electron chi connectivity index (χ0n) is 15.1. The summed E-state index contributed by atoms with van der Waals surface area (Å²) in [6.07, 6.45) is 1.49. The molecule has 0 aliphatic carbocycles. The van der Waals surface area contributed by atoms with Crippen molar-refractivity contribution in [3.8, 4) is 5.75 Å². The van der Waals surface area contributed by atoms with Crippen LogP contribution in [0.3, 0.4) is 0 Å². The largest absolute Gasteiger partial charge is 0.451 e. The number of halogens is 2. The van der Waals surface area contributed by atoms with Gasteiger partial charge >= 0.3 is 12.6 Å². The van der Waals surface area contributed by atoms with Crippen LogP contribution in [0.4, 0.5) is 8.78 Å². The van der Waals surface area contributed by atoms with Gasteiger partial charge in [0.25, 0.3) is 11.8 Å². The number of hydrogen-bond acceptors (Lipinski definition) is 6. The standard InChI is InChI=1S/C19H15F2N3O5/c1-11-3-2-4-15-22-14(9-24(11)15)18(27)28-10-16(25)23-17(26)12-5-7-13(8-6-12)29-19(20)21/h2-9,19H,10H2,1H3,(H,23,25,26). The maximum absolute atomic E-state index is 12.1. The summed E-state index contributed by atoms with van der Waals surface area (Å²) in [6.45, 7) is -1.83. The summed E-state index contributed by atoms with van der Waals surface area (Å²) in [5.74, 6) is -2.57. The molecule has 10 heteroatoms. The second kappa shape index (κ2) is 8.46. The Morgan fingerprint density at radius 3 is 2.52 bits per heavy atom. The predicted molar refractivity (Wildman–Crippen MR) is 95.8 cm³/mol. The molecule has 2 heterocycles. The van der Waals surface area contributed by atoms with Gasteiger partial charge in [0.05, 0.1) is 0 Å². The van der Waals surface area contributed by atoms with Crippen LogP contribution in [0.2, 0.25) is 0 Å². The zero-order valence-corrected chi connectivity index (χ0v) is 15.1. The molecule has 0 spiro atoms. The number of nitrogens with zero attached hydrogens (tertiary/aromatic N) is 2. The number of aromatic nitrogens is 2. The lowest BCUT2D eigenvalue weighted by molar-refractivity contribution is -0.123. The summed E-state index contributed by atoms with van der Waals surface area (Å²) in [7, 11) is 0. The number of hydrogen-bond donors (Lipinski definition) is 1. The van der Waals surface area contributed by atoms with Gasteiger partial charge in [0.2, 0.25) is 0 Å². The molecule has 8 nitrogen and oxygen atoms in total. The van der Waals surface area contributed by atoms with E-state index in [2.05, 4.69) is 9.72 Å². The summed E-state index contributed by atoms with van der Waals surface area (Å²) in [5.41, 5.74) is 1.48. The molecule has 0 aliphatic rings. The molecule has 0 saturated carbocycles. The fourth-order valence-electron chi connectivity index (χ4n) is 2.47. The van der Waals surface area contributed by atoms with Crippen LogP contribution in [0.15, 0.2) is 48.7 Å². The number of carbonyl (C=O) groups excluding carboxylic acids is 3. The number of imide groups is 1. The molecule has 150 valence electrons. The lowest BCUT2D eigenvalue weighted by atomic mass is 10.2. The van der Waals surface area contributed by atoms with Crippen LogP contribution in [-0.2, 0) is 9.53 Å². The molecule has 0 radical (unpaired) electrons. The van der Waals surface area contributed by atoms with E-state index in [1.165, 1.54) is 18.3 Å². The van der Waals surface area contributed by atoms with Crippen molar-refractivity contribution in [3.63, 3.8) is 0 Å². The Morgan fingerprint density at radius 2 is 1.86 bits per heavy atom. The molecule has 0 saturated heterocycles. The van der Waals surface area contributed by atoms with Gasteiger partial charge in [0, 0.05) is 17.5 Å². The normalized spacial score (nSPS) is 10.8. The second-order valence-electron chi connectivity index (χ2n) is 5.88. The lowest BCUT2D eigenvalue weighted by Crippen LogP contribution is -2.34. The first-order valence-corrected chi connectivity index (χ1v) is 8.34. The van der Waals surface area contributed by atoms with Gasteiger partial charge in [-0.1, -0.05) is 6.07 Å². The van der Waals surface area contributed by atoms with Crippen LogP contribution < -0.4 is 10.1 Å². The Bertz CT molecular complexity index is 1060. The topological polar surface area (TPSA) is 99.0 Å². The maximum Gasteiger partial charge on any atom is 0.387 e. The van der Waals surface area contributed by atoms with E-state index in [1.54, 1.807) is 16.5 Å². The van der Waals surface area contributed by atoms with Gasteiger partial charge < -0.3 is 13.9 Å². The molecular weight excluding hydrogens is 388 g/mol. The van der Waals surface area contributed by atoms with Crippen LogP contribution in [0.1, 0.15) is 26.5 Å². The van der Waals surface area contributed by atoms with Crippen molar-refractivity contribution in [1.82, 2.24) is 14.7 Å². The number of aryl methyl sites for hydroxylation is 1. The van der Waals surface area contributed by atoms with E-state index in [0.29, 0.717) is 5.65 Å². The minimum absolute atomic E-state index is 0.0213. The Hall–Kier alpha value is -3.82. The van der Waals surface area contributed by atoms with Crippen LogP contribution in [0.25, 0.3) is 5.65 Å². The third-order valence-corrected chi connectivity index (χ3v) is 3.83. The first-order valence-electron chi connectivity index (χ1n) is 8.34. The number of rotatable bonds is 6.